The number of nitriles is 1. The highest BCUT2D eigenvalue weighted by Crippen LogP contribution is 2.35. The van der Waals surface area contributed by atoms with Crippen LogP contribution in [0.4, 0.5) is 0 Å². The molecule has 0 radical (unpaired) electrons. The molecule has 25 heavy (non-hydrogen) atoms. The lowest BCUT2D eigenvalue weighted by atomic mass is 9.90. The van der Waals surface area contributed by atoms with Gasteiger partial charge in [0.2, 0.25) is 0 Å². The molecule has 1 atom stereocenters. The Bertz CT molecular complexity index is 1070. The van der Waals surface area contributed by atoms with Crippen LogP contribution in [0.2, 0.25) is 0 Å². The SMILES string of the molecule is CC(c1ccc(C#N)c(-c2cccc3ccccc23)c1)c1cncs1. The average Bonchev–Trinajstić information content (AvgIpc) is 3.21. The molecule has 2 nitrogen and oxygen atoms in total. The van der Waals surface area contributed by atoms with Gasteiger partial charge in [-0.3, -0.25) is 4.98 Å². The highest BCUT2D eigenvalue weighted by atomic mass is 32.1. The molecule has 0 amide bonds. The predicted octanol–water partition coefficient (Wildman–Crippen LogP) is 5.99. The molecule has 0 saturated carbocycles. The van der Waals surface area contributed by atoms with Crippen LogP contribution in [0, 0.1) is 11.3 Å². The number of rotatable bonds is 3. The molecule has 3 aromatic carbocycles. The Morgan fingerprint density at radius 1 is 1.00 bits per heavy atom. The molecule has 4 rings (SSSR count). The third kappa shape index (κ3) is 2.82. The van der Waals surface area contributed by atoms with Crippen molar-refractivity contribution in [1.29, 1.82) is 5.26 Å². The van der Waals surface area contributed by atoms with Gasteiger partial charge in [0, 0.05) is 22.6 Å². The van der Waals surface area contributed by atoms with Crippen LogP contribution in [0.15, 0.2) is 72.4 Å². The lowest BCUT2D eigenvalue weighted by molar-refractivity contribution is 0.942. The lowest BCUT2D eigenvalue weighted by Crippen LogP contribution is -1.96. The van der Waals surface area contributed by atoms with Gasteiger partial charge < -0.3 is 0 Å². The van der Waals surface area contributed by atoms with Crippen molar-refractivity contribution >= 4 is 22.1 Å². The first kappa shape index (κ1) is 15.6. The number of hydrogen-bond donors (Lipinski definition) is 0. The van der Waals surface area contributed by atoms with E-state index >= 15 is 0 Å². The summed E-state index contributed by atoms with van der Waals surface area (Å²) in [6.45, 7) is 2.18. The minimum Gasteiger partial charge on any atom is -0.253 e. The Hall–Kier alpha value is -2.96. The second-order valence-electron chi connectivity index (χ2n) is 6.07. The van der Waals surface area contributed by atoms with Gasteiger partial charge in [-0.1, -0.05) is 55.5 Å². The predicted molar refractivity (Wildman–Crippen MR) is 104 cm³/mol. The highest BCUT2D eigenvalue weighted by Gasteiger charge is 2.14. The van der Waals surface area contributed by atoms with Gasteiger partial charge in [0.05, 0.1) is 17.1 Å². The summed E-state index contributed by atoms with van der Waals surface area (Å²) in [6, 6.07) is 23.1. The molecular formula is C22H16N2S. The number of hydrogen-bond acceptors (Lipinski definition) is 3. The van der Waals surface area contributed by atoms with E-state index in [4.69, 9.17) is 0 Å². The van der Waals surface area contributed by atoms with Crippen LogP contribution < -0.4 is 0 Å². The van der Waals surface area contributed by atoms with Crippen LogP contribution in [0.25, 0.3) is 21.9 Å². The van der Waals surface area contributed by atoms with Gasteiger partial charge in [-0.2, -0.15) is 5.26 Å². The number of benzene rings is 3. The zero-order valence-corrected chi connectivity index (χ0v) is 14.6. The van der Waals surface area contributed by atoms with Crippen molar-refractivity contribution < 1.29 is 0 Å². The normalized spacial score (nSPS) is 12.0. The molecule has 120 valence electrons. The third-order valence-electron chi connectivity index (χ3n) is 4.62. The maximum atomic E-state index is 9.61. The maximum Gasteiger partial charge on any atom is 0.0998 e. The molecule has 0 aliphatic rings. The second-order valence-corrected chi connectivity index (χ2v) is 6.99. The number of fused-ring (bicyclic) bond motifs is 1. The molecule has 0 saturated heterocycles. The first-order chi connectivity index (χ1) is 12.3. The van der Waals surface area contributed by atoms with E-state index in [1.807, 2.05) is 29.9 Å². The van der Waals surface area contributed by atoms with Crippen molar-refractivity contribution in [3.63, 3.8) is 0 Å². The van der Waals surface area contributed by atoms with Gasteiger partial charge in [-0.05, 0) is 34.0 Å². The molecule has 0 aliphatic heterocycles. The molecule has 0 N–H and O–H groups in total. The van der Waals surface area contributed by atoms with Crippen molar-refractivity contribution in [3.8, 4) is 17.2 Å². The van der Waals surface area contributed by atoms with Gasteiger partial charge in [-0.25, -0.2) is 0 Å². The van der Waals surface area contributed by atoms with Gasteiger partial charge in [0.25, 0.3) is 0 Å². The monoisotopic (exact) mass is 340 g/mol. The van der Waals surface area contributed by atoms with Crippen LogP contribution >= 0.6 is 11.3 Å². The van der Waals surface area contributed by atoms with Gasteiger partial charge in [0.15, 0.2) is 0 Å². The molecule has 0 aliphatic carbocycles. The Morgan fingerprint density at radius 3 is 2.64 bits per heavy atom. The van der Waals surface area contributed by atoms with Crippen molar-refractivity contribution in [2.45, 2.75) is 12.8 Å². The van der Waals surface area contributed by atoms with Crippen LogP contribution in [0.5, 0.6) is 0 Å². The quantitative estimate of drug-likeness (QED) is 0.459. The van der Waals surface area contributed by atoms with Crippen LogP contribution in [0.1, 0.15) is 28.8 Å². The van der Waals surface area contributed by atoms with Crippen molar-refractivity contribution in [3.05, 3.63) is 88.4 Å². The number of aromatic nitrogens is 1. The Kier molecular flexibility index (Phi) is 4.05. The first-order valence-electron chi connectivity index (χ1n) is 8.18. The fraction of sp³-hybridized carbons (Fsp3) is 0.0909. The van der Waals surface area contributed by atoms with E-state index in [2.05, 4.69) is 60.4 Å². The molecular weight excluding hydrogens is 324 g/mol. The molecule has 1 aromatic heterocycles. The summed E-state index contributed by atoms with van der Waals surface area (Å²) in [5.41, 5.74) is 5.87. The Labute approximate surface area is 151 Å². The molecule has 1 heterocycles. The summed E-state index contributed by atoms with van der Waals surface area (Å²) in [6.07, 6.45) is 1.92. The van der Waals surface area contributed by atoms with Gasteiger partial charge in [-0.15, -0.1) is 11.3 Å². The summed E-state index contributed by atoms with van der Waals surface area (Å²) in [7, 11) is 0. The van der Waals surface area contributed by atoms with Crippen molar-refractivity contribution in [2.75, 3.05) is 0 Å². The fourth-order valence-corrected chi connectivity index (χ4v) is 3.92. The largest absolute Gasteiger partial charge is 0.253 e. The lowest BCUT2D eigenvalue weighted by Gasteiger charge is -2.14. The molecule has 3 heteroatoms. The minimum atomic E-state index is 0.258. The molecule has 0 bridgehead atoms. The fourth-order valence-electron chi connectivity index (χ4n) is 3.22. The van der Waals surface area contributed by atoms with Gasteiger partial charge >= 0.3 is 0 Å². The first-order valence-corrected chi connectivity index (χ1v) is 9.06. The number of nitrogens with zero attached hydrogens (tertiary/aromatic N) is 2. The highest BCUT2D eigenvalue weighted by molar-refractivity contribution is 7.09. The zero-order valence-electron chi connectivity index (χ0n) is 13.8. The summed E-state index contributed by atoms with van der Waals surface area (Å²) in [5.74, 6) is 0.258. The molecule has 0 spiro atoms. The van der Waals surface area contributed by atoms with E-state index in [-0.39, 0.29) is 5.92 Å². The van der Waals surface area contributed by atoms with E-state index in [0.717, 1.165) is 11.1 Å². The van der Waals surface area contributed by atoms with Crippen molar-refractivity contribution in [2.24, 2.45) is 0 Å². The van der Waals surface area contributed by atoms with E-state index in [1.54, 1.807) is 11.3 Å². The maximum absolute atomic E-state index is 9.61. The van der Waals surface area contributed by atoms with E-state index in [0.29, 0.717) is 5.56 Å². The van der Waals surface area contributed by atoms with Crippen LogP contribution in [0.3, 0.4) is 0 Å². The summed E-state index contributed by atoms with van der Waals surface area (Å²) in [4.78, 5) is 5.42. The number of thiazole rings is 1. The Balaban J connectivity index is 1.91. The molecule has 0 fully saturated rings. The summed E-state index contributed by atoms with van der Waals surface area (Å²) in [5, 5.41) is 12.0. The average molecular weight is 340 g/mol. The summed E-state index contributed by atoms with van der Waals surface area (Å²) >= 11 is 1.66. The topological polar surface area (TPSA) is 36.7 Å². The van der Waals surface area contributed by atoms with E-state index in [1.165, 1.54) is 21.2 Å². The third-order valence-corrected chi connectivity index (χ3v) is 5.58. The Morgan fingerprint density at radius 2 is 1.84 bits per heavy atom. The smallest absolute Gasteiger partial charge is 0.0998 e. The van der Waals surface area contributed by atoms with E-state index in [9.17, 15) is 5.26 Å². The molecule has 4 aromatic rings. The second kappa shape index (κ2) is 6.51. The van der Waals surface area contributed by atoms with Crippen LogP contribution in [-0.2, 0) is 0 Å². The van der Waals surface area contributed by atoms with E-state index < -0.39 is 0 Å². The van der Waals surface area contributed by atoms with Crippen LogP contribution in [-0.4, -0.2) is 4.98 Å². The standard InChI is InChI=1S/C22H16N2S/c1-15(22-13-24-14-25-22)17-9-10-18(12-23)21(11-17)20-8-4-6-16-5-2-3-7-19(16)20/h2-11,13-15H,1H3. The van der Waals surface area contributed by atoms with Gasteiger partial charge in [0.1, 0.15) is 0 Å². The summed E-state index contributed by atoms with van der Waals surface area (Å²) < 4.78 is 0. The minimum absolute atomic E-state index is 0.258. The van der Waals surface area contributed by atoms with Crippen molar-refractivity contribution in [1.82, 2.24) is 4.98 Å². The zero-order chi connectivity index (χ0) is 17.2. The molecule has 1 unspecified atom stereocenters.